The Balaban J connectivity index is 1.33. The number of likely N-dealkylation sites (N-methyl/N-ethyl adjacent to an activating group) is 2. The molecule has 4 nitrogen and oxygen atoms in total. The highest BCUT2D eigenvalue weighted by atomic mass is 16.5. The minimum absolute atomic E-state index is 0.752. The monoisotopic (exact) mass is 396 g/mol. The average Bonchev–Trinajstić information content (AvgIpc) is 2.75. The van der Waals surface area contributed by atoms with E-state index in [9.17, 15) is 0 Å². The molecule has 150 valence electrons. The van der Waals surface area contributed by atoms with Crippen molar-refractivity contribution in [2.45, 2.75) is 0 Å². The van der Waals surface area contributed by atoms with E-state index in [1.165, 1.54) is 0 Å². The van der Waals surface area contributed by atoms with Crippen molar-refractivity contribution in [1.29, 1.82) is 0 Å². The summed E-state index contributed by atoms with van der Waals surface area (Å²) >= 11 is 0. The Kier molecular flexibility index (Phi) is 4.68. The van der Waals surface area contributed by atoms with Crippen LogP contribution in [0.1, 0.15) is 11.1 Å². The second-order valence-corrected chi connectivity index (χ2v) is 7.74. The fourth-order valence-electron chi connectivity index (χ4n) is 3.91. The summed E-state index contributed by atoms with van der Waals surface area (Å²) in [7, 11) is 4.17. The molecule has 0 spiro atoms. The Labute approximate surface area is 177 Å². The van der Waals surface area contributed by atoms with Crippen molar-refractivity contribution >= 4 is 23.5 Å². The first-order valence-electron chi connectivity index (χ1n) is 10.1. The molecule has 4 heteroatoms. The van der Waals surface area contributed by atoms with Crippen LogP contribution in [0, 0.1) is 0 Å². The third-order valence-electron chi connectivity index (χ3n) is 5.41. The van der Waals surface area contributed by atoms with E-state index in [4.69, 9.17) is 9.47 Å². The zero-order valence-corrected chi connectivity index (χ0v) is 17.2. The first kappa shape index (κ1) is 18.4. The van der Waals surface area contributed by atoms with E-state index in [0.29, 0.717) is 0 Å². The van der Waals surface area contributed by atoms with Crippen LogP contribution in [-0.4, -0.2) is 27.2 Å². The van der Waals surface area contributed by atoms with Gasteiger partial charge in [-0.25, -0.2) is 0 Å². The molecule has 0 amide bonds. The van der Waals surface area contributed by atoms with E-state index in [1.54, 1.807) is 0 Å². The molecule has 2 aliphatic heterocycles. The maximum atomic E-state index is 6.09. The molecule has 0 aromatic heterocycles. The quantitative estimate of drug-likeness (QED) is 0.577. The number of benzene rings is 3. The van der Waals surface area contributed by atoms with Gasteiger partial charge in [-0.2, -0.15) is 0 Å². The zero-order valence-electron chi connectivity index (χ0n) is 17.2. The van der Waals surface area contributed by atoms with Gasteiger partial charge in [0.1, 0.15) is 23.0 Å². The second kappa shape index (κ2) is 7.64. The highest BCUT2D eigenvalue weighted by molar-refractivity contribution is 5.66. The molecule has 0 aliphatic carbocycles. The summed E-state index contributed by atoms with van der Waals surface area (Å²) in [5.41, 5.74) is 4.48. The van der Waals surface area contributed by atoms with Crippen LogP contribution in [-0.2, 0) is 0 Å². The van der Waals surface area contributed by atoms with Crippen LogP contribution in [0.4, 0.5) is 11.4 Å². The smallest absolute Gasteiger partial charge is 0.150 e. The predicted octanol–water partition coefficient (Wildman–Crippen LogP) is 5.43. The lowest BCUT2D eigenvalue weighted by atomic mass is 10.1. The van der Waals surface area contributed by atoms with Gasteiger partial charge in [-0.1, -0.05) is 48.5 Å². The number of ether oxygens (including phenoxy) is 2. The third kappa shape index (κ3) is 3.64. The molecule has 0 N–H and O–H groups in total. The van der Waals surface area contributed by atoms with Gasteiger partial charge in [0.2, 0.25) is 0 Å². The number of fused-ring (bicyclic) bond motifs is 2. The average molecular weight is 396 g/mol. The molecule has 2 aliphatic rings. The molecule has 0 atom stereocenters. The van der Waals surface area contributed by atoms with Gasteiger partial charge in [-0.15, -0.1) is 0 Å². The van der Waals surface area contributed by atoms with Gasteiger partial charge in [-0.3, -0.25) is 0 Å². The summed E-state index contributed by atoms with van der Waals surface area (Å²) in [4.78, 5) is 4.41. The van der Waals surface area contributed by atoms with Crippen molar-refractivity contribution in [3.05, 3.63) is 95.4 Å². The van der Waals surface area contributed by atoms with Gasteiger partial charge < -0.3 is 19.3 Å². The van der Waals surface area contributed by atoms with Crippen molar-refractivity contribution in [1.82, 2.24) is 0 Å². The van der Waals surface area contributed by atoms with Gasteiger partial charge in [-0.05, 0) is 47.5 Å². The van der Waals surface area contributed by atoms with Gasteiger partial charge in [0, 0.05) is 14.1 Å². The molecule has 0 saturated carbocycles. The van der Waals surface area contributed by atoms with Crippen LogP contribution in [0.25, 0.3) is 12.2 Å². The molecule has 0 radical (unpaired) electrons. The lowest BCUT2D eigenvalue weighted by Gasteiger charge is -2.29. The van der Waals surface area contributed by atoms with Crippen molar-refractivity contribution in [3.8, 4) is 11.5 Å². The topological polar surface area (TPSA) is 24.9 Å². The molecular formula is C26H24N2O2. The molecule has 2 heterocycles. The zero-order chi connectivity index (χ0) is 20.5. The first-order chi connectivity index (χ1) is 14.7. The number of hydrogen-bond donors (Lipinski definition) is 0. The largest absolute Gasteiger partial charge is 0.458 e. The van der Waals surface area contributed by atoms with Crippen molar-refractivity contribution < 1.29 is 9.47 Å². The van der Waals surface area contributed by atoms with Gasteiger partial charge in [0.05, 0.1) is 24.5 Å². The molecule has 30 heavy (non-hydrogen) atoms. The van der Waals surface area contributed by atoms with E-state index in [0.717, 1.165) is 58.6 Å². The van der Waals surface area contributed by atoms with Gasteiger partial charge in [0.25, 0.3) is 0 Å². The fourth-order valence-corrected chi connectivity index (χ4v) is 3.91. The molecule has 0 saturated heterocycles. The Morgan fingerprint density at radius 1 is 0.600 bits per heavy atom. The van der Waals surface area contributed by atoms with E-state index < -0.39 is 0 Å². The minimum Gasteiger partial charge on any atom is -0.458 e. The molecule has 0 unspecified atom stereocenters. The first-order valence-corrected chi connectivity index (χ1v) is 10.1. The number of rotatable bonds is 2. The minimum atomic E-state index is 0.752. The second-order valence-electron chi connectivity index (χ2n) is 7.74. The number of nitrogens with zero attached hydrogens (tertiary/aromatic N) is 2. The number of hydrogen-bond acceptors (Lipinski definition) is 4. The number of anilines is 2. The lowest BCUT2D eigenvalue weighted by Crippen LogP contribution is -2.27. The summed E-state index contributed by atoms with van der Waals surface area (Å²) in [5, 5.41) is 0. The molecule has 5 rings (SSSR count). The van der Waals surface area contributed by atoms with E-state index in [-0.39, 0.29) is 0 Å². The van der Waals surface area contributed by atoms with Crippen molar-refractivity contribution in [3.63, 3.8) is 0 Å². The predicted molar refractivity (Wildman–Crippen MR) is 123 cm³/mol. The lowest BCUT2D eigenvalue weighted by molar-refractivity contribution is 0.404. The van der Waals surface area contributed by atoms with Crippen molar-refractivity contribution in [2.75, 3.05) is 37.0 Å². The Bertz CT molecular complexity index is 1040. The van der Waals surface area contributed by atoms with Crippen LogP contribution in [0.15, 0.2) is 84.3 Å². The molecule has 0 fully saturated rings. The standard InChI is InChI=1S/C26H24N2O2/c1-27-17-21(29-25-9-5-3-7-23(25)27)15-19-11-13-20(14-12-19)16-22-18-28(2)24-8-4-6-10-26(24)30-22/h3-16H,17-18H2,1-2H3/b21-15-,22-16-. The summed E-state index contributed by atoms with van der Waals surface area (Å²) in [6.07, 6.45) is 4.20. The fraction of sp³-hybridized carbons (Fsp3) is 0.154. The summed E-state index contributed by atoms with van der Waals surface area (Å²) in [6, 6.07) is 24.7. The third-order valence-corrected chi connectivity index (χ3v) is 5.41. The van der Waals surface area contributed by atoms with Gasteiger partial charge >= 0.3 is 0 Å². The highest BCUT2D eigenvalue weighted by Crippen LogP contribution is 2.35. The van der Waals surface area contributed by atoms with Crippen LogP contribution < -0.4 is 19.3 Å². The van der Waals surface area contributed by atoms with Gasteiger partial charge in [0.15, 0.2) is 0 Å². The van der Waals surface area contributed by atoms with Crippen molar-refractivity contribution in [2.24, 2.45) is 0 Å². The summed E-state index contributed by atoms with van der Waals surface area (Å²) < 4.78 is 12.2. The summed E-state index contributed by atoms with van der Waals surface area (Å²) in [6.45, 7) is 1.50. The Hall–Kier alpha value is -3.66. The maximum Gasteiger partial charge on any atom is 0.150 e. The molecular weight excluding hydrogens is 372 g/mol. The number of para-hydroxylation sites is 4. The van der Waals surface area contributed by atoms with Crippen LogP contribution >= 0.6 is 0 Å². The molecule has 3 aromatic rings. The van der Waals surface area contributed by atoms with E-state index >= 15 is 0 Å². The van der Waals surface area contributed by atoms with E-state index in [2.05, 4.69) is 72.4 Å². The summed E-state index contributed by atoms with van der Waals surface area (Å²) in [5.74, 6) is 3.68. The Morgan fingerprint density at radius 3 is 1.43 bits per heavy atom. The normalized spacial score (nSPS) is 17.9. The molecule has 0 bridgehead atoms. The van der Waals surface area contributed by atoms with Crippen LogP contribution in [0.5, 0.6) is 11.5 Å². The highest BCUT2D eigenvalue weighted by Gasteiger charge is 2.19. The SMILES string of the molecule is CN1C/C(=C/c2ccc(/C=C3/CN(C)c4ccccc4O3)cc2)Oc2ccccc21. The van der Waals surface area contributed by atoms with Crippen LogP contribution in [0.2, 0.25) is 0 Å². The van der Waals surface area contributed by atoms with E-state index in [1.807, 2.05) is 36.4 Å². The molecule has 3 aromatic carbocycles. The Morgan fingerprint density at radius 2 is 1.00 bits per heavy atom. The maximum absolute atomic E-state index is 6.09. The van der Waals surface area contributed by atoms with Crippen LogP contribution in [0.3, 0.4) is 0 Å².